The van der Waals surface area contributed by atoms with Gasteiger partial charge in [-0.3, -0.25) is 14.9 Å². The summed E-state index contributed by atoms with van der Waals surface area (Å²) < 4.78 is 28.3. The Balaban J connectivity index is 1.77. The van der Waals surface area contributed by atoms with E-state index in [4.69, 9.17) is 0 Å². The van der Waals surface area contributed by atoms with Crippen LogP contribution in [-0.2, 0) is 22.1 Å². The second-order valence-electron chi connectivity index (χ2n) is 5.25. The Hall–Kier alpha value is -2.35. The molecule has 1 aromatic carbocycles. The van der Waals surface area contributed by atoms with E-state index in [1.807, 2.05) is 0 Å². The molecule has 8 heteroatoms. The summed E-state index contributed by atoms with van der Waals surface area (Å²) in [5, 5.41) is 2.61. The fraction of sp³-hybridized carbons (Fsp3) is 0.267. The van der Waals surface area contributed by atoms with Crippen LogP contribution in [0.5, 0.6) is 0 Å². The smallest absolute Gasteiger partial charge is 0.315 e. The highest BCUT2D eigenvalue weighted by Gasteiger charge is 2.42. The summed E-state index contributed by atoms with van der Waals surface area (Å²) in [6.07, 6.45) is 1.55. The van der Waals surface area contributed by atoms with Crippen LogP contribution in [0.1, 0.15) is 16.0 Å². The van der Waals surface area contributed by atoms with Crippen molar-refractivity contribution < 1.29 is 18.4 Å². The first-order valence-electron chi connectivity index (χ1n) is 6.86. The standard InChI is InChI=1S/C15H13F2N3O2S/c1-9-6-18-14(23-9)19-12(21)13(22)20-7-10-4-2-3-5-11(10)15(16,17)8-20/h2-6H,7-8H2,1H3,(H,18,19,21). The van der Waals surface area contributed by atoms with Crippen molar-refractivity contribution >= 4 is 28.3 Å². The number of anilines is 1. The third-order valence-electron chi connectivity index (χ3n) is 3.49. The molecule has 2 aromatic rings. The summed E-state index contributed by atoms with van der Waals surface area (Å²) in [6.45, 7) is 0.972. The molecular weight excluding hydrogens is 324 g/mol. The topological polar surface area (TPSA) is 62.3 Å². The number of hydrogen-bond acceptors (Lipinski definition) is 4. The van der Waals surface area contributed by atoms with Gasteiger partial charge < -0.3 is 4.90 Å². The minimum Gasteiger partial charge on any atom is -0.324 e. The van der Waals surface area contributed by atoms with Crippen LogP contribution in [0.15, 0.2) is 30.5 Å². The van der Waals surface area contributed by atoms with Gasteiger partial charge in [-0.25, -0.2) is 4.98 Å². The maximum atomic E-state index is 14.2. The number of nitrogens with zero attached hydrogens (tertiary/aromatic N) is 2. The lowest BCUT2D eigenvalue weighted by molar-refractivity contribution is -0.149. The summed E-state index contributed by atoms with van der Waals surface area (Å²) in [5.74, 6) is -5.13. The number of carbonyl (C=O) groups excluding carboxylic acids is 2. The van der Waals surface area contributed by atoms with Crippen LogP contribution in [0.25, 0.3) is 0 Å². The summed E-state index contributed by atoms with van der Waals surface area (Å²) in [5.41, 5.74) is 0.245. The summed E-state index contributed by atoms with van der Waals surface area (Å²) in [7, 11) is 0. The Morgan fingerprint density at radius 3 is 2.78 bits per heavy atom. The normalized spacial score (nSPS) is 15.9. The van der Waals surface area contributed by atoms with Crippen LogP contribution in [0.3, 0.4) is 0 Å². The van der Waals surface area contributed by atoms with Crippen LogP contribution in [0.4, 0.5) is 13.9 Å². The van der Waals surface area contributed by atoms with Gasteiger partial charge in [-0.1, -0.05) is 24.3 Å². The monoisotopic (exact) mass is 337 g/mol. The van der Waals surface area contributed by atoms with E-state index in [2.05, 4.69) is 10.3 Å². The fourth-order valence-electron chi connectivity index (χ4n) is 2.45. The number of benzene rings is 1. The SMILES string of the molecule is Cc1cnc(NC(=O)C(=O)N2Cc3ccccc3C(F)(F)C2)s1. The Labute approximate surface area is 134 Å². The Kier molecular flexibility index (Phi) is 3.85. The van der Waals surface area contributed by atoms with Crippen molar-refractivity contribution in [1.82, 2.24) is 9.88 Å². The molecule has 2 amide bonds. The number of thiazole rings is 1. The average molecular weight is 337 g/mol. The van der Waals surface area contributed by atoms with Gasteiger partial charge in [-0.2, -0.15) is 8.78 Å². The molecule has 5 nitrogen and oxygen atoms in total. The first-order chi connectivity index (χ1) is 10.9. The highest BCUT2D eigenvalue weighted by atomic mass is 32.1. The summed E-state index contributed by atoms with van der Waals surface area (Å²) >= 11 is 1.21. The zero-order chi connectivity index (χ0) is 16.6. The van der Waals surface area contributed by atoms with Gasteiger partial charge in [0.1, 0.15) is 0 Å². The van der Waals surface area contributed by atoms with Crippen LogP contribution >= 0.6 is 11.3 Å². The van der Waals surface area contributed by atoms with Gasteiger partial charge in [0.05, 0.1) is 6.54 Å². The highest BCUT2D eigenvalue weighted by molar-refractivity contribution is 7.15. The molecule has 1 aliphatic heterocycles. The van der Waals surface area contributed by atoms with E-state index in [0.717, 1.165) is 9.78 Å². The lowest BCUT2D eigenvalue weighted by atomic mass is 9.96. The molecule has 0 atom stereocenters. The van der Waals surface area contributed by atoms with Crippen LogP contribution in [0, 0.1) is 6.92 Å². The molecule has 0 fully saturated rings. The molecule has 120 valence electrons. The molecule has 0 radical (unpaired) electrons. The van der Waals surface area contributed by atoms with Crippen molar-refractivity contribution in [2.75, 3.05) is 11.9 Å². The predicted molar refractivity (Wildman–Crippen MR) is 81.2 cm³/mol. The average Bonchev–Trinajstić information content (AvgIpc) is 2.91. The Morgan fingerprint density at radius 2 is 2.09 bits per heavy atom. The van der Waals surface area contributed by atoms with Crippen molar-refractivity contribution in [3.05, 3.63) is 46.5 Å². The van der Waals surface area contributed by atoms with Crippen LogP contribution < -0.4 is 5.32 Å². The Morgan fingerprint density at radius 1 is 1.35 bits per heavy atom. The molecule has 0 spiro atoms. The quantitative estimate of drug-likeness (QED) is 0.814. The van der Waals surface area contributed by atoms with Crippen LogP contribution in [0.2, 0.25) is 0 Å². The first-order valence-corrected chi connectivity index (χ1v) is 7.67. The second-order valence-corrected chi connectivity index (χ2v) is 6.49. The molecule has 3 rings (SSSR count). The zero-order valence-corrected chi connectivity index (χ0v) is 13.0. The molecule has 1 N–H and O–H groups in total. The van der Waals surface area contributed by atoms with Crippen molar-refractivity contribution in [1.29, 1.82) is 0 Å². The Bertz CT molecular complexity index is 776. The zero-order valence-electron chi connectivity index (χ0n) is 12.2. The van der Waals surface area contributed by atoms with E-state index < -0.39 is 24.3 Å². The van der Waals surface area contributed by atoms with Crippen molar-refractivity contribution in [3.63, 3.8) is 0 Å². The number of halogens is 2. The van der Waals surface area contributed by atoms with Crippen molar-refractivity contribution in [2.24, 2.45) is 0 Å². The summed E-state index contributed by atoms with van der Waals surface area (Å²) in [6, 6.07) is 6.03. The molecular formula is C15H13F2N3O2S. The first kappa shape index (κ1) is 15.5. The third-order valence-corrected chi connectivity index (χ3v) is 4.31. The van der Waals surface area contributed by atoms with E-state index in [-0.39, 0.29) is 17.2 Å². The fourth-order valence-corrected chi connectivity index (χ4v) is 3.11. The highest BCUT2D eigenvalue weighted by Crippen LogP contribution is 2.36. The largest absolute Gasteiger partial charge is 0.324 e. The molecule has 0 bridgehead atoms. The predicted octanol–water partition coefficient (Wildman–Crippen LogP) is 2.52. The van der Waals surface area contributed by atoms with E-state index in [1.165, 1.54) is 29.5 Å². The van der Waals surface area contributed by atoms with Gasteiger partial charge >= 0.3 is 11.8 Å². The lowest BCUT2D eigenvalue weighted by Crippen LogP contribution is -2.47. The van der Waals surface area contributed by atoms with Crippen molar-refractivity contribution in [3.8, 4) is 0 Å². The van der Waals surface area contributed by atoms with E-state index in [1.54, 1.807) is 19.2 Å². The molecule has 23 heavy (non-hydrogen) atoms. The number of rotatable bonds is 1. The molecule has 0 saturated heterocycles. The number of fused-ring (bicyclic) bond motifs is 1. The van der Waals surface area contributed by atoms with E-state index in [9.17, 15) is 18.4 Å². The molecule has 0 unspecified atom stereocenters. The number of amides is 2. The third kappa shape index (κ3) is 3.07. The van der Waals surface area contributed by atoms with Gasteiger partial charge in [0.2, 0.25) is 0 Å². The van der Waals surface area contributed by atoms with Gasteiger partial charge in [-0.05, 0) is 12.5 Å². The number of hydrogen-bond donors (Lipinski definition) is 1. The maximum Gasteiger partial charge on any atom is 0.315 e. The van der Waals surface area contributed by atoms with E-state index in [0.29, 0.717) is 5.56 Å². The minimum absolute atomic E-state index is 0.0189. The maximum absolute atomic E-state index is 14.2. The minimum atomic E-state index is -3.18. The number of alkyl halides is 2. The molecule has 1 aliphatic rings. The van der Waals surface area contributed by atoms with Gasteiger partial charge in [0.25, 0.3) is 5.92 Å². The number of aryl methyl sites for hydroxylation is 1. The van der Waals surface area contributed by atoms with Crippen LogP contribution in [-0.4, -0.2) is 28.2 Å². The summed E-state index contributed by atoms with van der Waals surface area (Å²) in [4.78, 5) is 29.8. The number of carbonyl (C=O) groups is 2. The van der Waals surface area contributed by atoms with Gasteiger partial charge in [0.15, 0.2) is 5.13 Å². The van der Waals surface area contributed by atoms with E-state index >= 15 is 0 Å². The molecule has 0 aliphatic carbocycles. The van der Waals surface area contributed by atoms with Gasteiger partial charge in [-0.15, -0.1) is 11.3 Å². The molecule has 2 heterocycles. The molecule has 0 saturated carbocycles. The lowest BCUT2D eigenvalue weighted by Gasteiger charge is -2.33. The van der Waals surface area contributed by atoms with Crippen molar-refractivity contribution in [2.45, 2.75) is 19.4 Å². The number of aromatic nitrogens is 1. The van der Waals surface area contributed by atoms with Gasteiger partial charge in [0, 0.05) is 23.2 Å². The molecule has 1 aromatic heterocycles. The second kappa shape index (κ2) is 5.69. The number of nitrogens with one attached hydrogen (secondary N) is 1.